The largest absolute Gasteiger partial charge is 0.497 e. The molecule has 1 heterocycles. The van der Waals surface area contributed by atoms with Gasteiger partial charge in [-0.1, -0.05) is 18.2 Å². The third-order valence-electron chi connectivity index (χ3n) is 3.97. The number of hydrogen-bond acceptors (Lipinski definition) is 6. The number of nitrogens with two attached hydrogens (primary N) is 1. The molecule has 0 amide bonds. The molecule has 3 rings (SSSR count). The minimum atomic E-state index is -0.466. The van der Waals surface area contributed by atoms with E-state index >= 15 is 0 Å². The summed E-state index contributed by atoms with van der Waals surface area (Å²) in [5, 5.41) is 7.19. The van der Waals surface area contributed by atoms with Gasteiger partial charge < -0.3 is 19.9 Å². The number of ether oxygens (including phenoxy) is 3. The molecule has 3 aromatic rings. The van der Waals surface area contributed by atoms with Crippen molar-refractivity contribution in [2.24, 2.45) is 5.73 Å². The molecule has 7 heteroatoms. The van der Waals surface area contributed by atoms with Crippen molar-refractivity contribution in [2.75, 3.05) is 20.8 Å². The average molecular weight is 354 g/mol. The van der Waals surface area contributed by atoms with Gasteiger partial charge in [0.1, 0.15) is 11.6 Å². The molecule has 1 atom stereocenters. The van der Waals surface area contributed by atoms with Crippen LogP contribution in [0.25, 0.3) is 11.4 Å². The molecule has 3 N–H and O–H groups in total. The second kappa shape index (κ2) is 7.88. The lowest BCUT2D eigenvalue weighted by Gasteiger charge is -2.13. The molecule has 0 radical (unpaired) electrons. The van der Waals surface area contributed by atoms with E-state index in [-0.39, 0.29) is 0 Å². The van der Waals surface area contributed by atoms with Gasteiger partial charge >= 0.3 is 0 Å². The van der Waals surface area contributed by atoms with Crippen molar-refractivity contribution in [3.05, 3.63) is 53.9 Å². The first-order valence-corrected chi connectivity index (χ1v) is 8.29. The van der Waals surface area contributed by atoms with Crippen LogP contribution in [-0.2, 0) is 0 Å². The maximum Gasteiger partial charge on any atom is 0.181 e. The van der Waals surface area contributed by atoms with Crippen molar-refractivity contribution < 1.29 is 14.2 Å². The van der Waals surface area contributed by atoms with Gasteiger partial charge in [0.05, 0.1) is 26.9 Å². The van der Waals surface area contributed by atoms with E-state index in [1.165, 1.54) is 0 Å². The first-order chi connectivity index (χ1) is 12.7. The Hall–Kier alpha value is -3.06. The Kier molecular flexibility index (Phi) is 5.38. The van der Waals surface area contributed by atoms with Crippen LogP contribution >= 0.6 is 0 Å². The molecule has 0 saturated carbocycles. The first kappa shape index (κ1) is 17.8. The molecule has 0 spiro atoms. The third-order valence-corrected chi connectivity index (χ3v) is 3.97. The Labute approximate surface area is 152 Å². The highest BCUT2D eigenvalue weighted by Crippen LogP contribution is 2.31. The van der Waals surface area contributed by atoms with Gasteiger partial charge in [-0.2, -0.15) is 5.10 Å². The zero-order chi connectivity index (χ0) is 18.5. The van der Waals surface area contributed by atoms with Crippen LogP contribution in [0, 0.1) is 0 Å². The summed E-state index contributed by atoms with van der Waals surface area (Å²) in [7, 11) is 3.22. The highest BCUT2D eigenvalue weighted by molar-refractivity contribution is 5.57. The Morgan fingerprint density at radius 2 is 1.92 bits per heavy atom. The fourth-order valence-corrected chi connectivity index (χ4v) is 2.61. The third kappa shape index (κ3) is 3.62. The van der Waals surface area contributed by atoms with Crippen molar-refractivity contribution in [3.63, 3.8) is 0 Å². The minimum absolute atomic E-state index is 0.466. The molecule has 0 fully saturated rings. The number of nitrogens with zero attached hydrogens (tertiary/aromatic N) is 2. The van der Waals surface area contributed by atoms with E-state index in [0.29, 0.717) is 29.8 Å². The predicted octanol–water partition coefficient (Wildman–Crippen LogP) is 2.94. The molecule has 136 valence electrons. The van der Waals surface area contributed by atoms with Crippen LogP contribution in [0.4, 0.5) is 0 Å². The maximum atomic E-state index is 6.36. The molecule has 0 aliphatic carbocycles. The Balaban J connectivity index is 1.86. The topological polar surface area (TPSA) is 95.3 Å². The van der Waals surface area contributed by atoms with Crippen LogP contribution in [0.3, 0.4) is 0 Å². The molecule has 2 aromatic carbocycles. The SMILES string of the molecule is CCOc1ccc([C@@H](N)c2nc(-c3cccc(OC)c3)n[nH]2)cc1OC. The summed E-state index contributed by atoms with van der Waals surface area (Å²) in [6.45, 7) is 2.49. The number of nitrogens with one attached hydrogen (secondary N) is 1. The summed E-state index contributed by atoms with van der Waals surface area (Å²) in [5.41, 5.74) is 8.05. The van der Waals surface area contributed by atoms with Gasteiger partial charge in [0.15, 0.2) is 17.3 Å². The van der Waals surface area contributed by atoms with Crippen molar-refractivity contribution >= 4 is 0 Å². The lowest BCUT2D eigenvalue weighted by atomic mass is 10.1. The zero-order valence-electron chi connectivity index (χ0n) is 15.0. The highest BCUT2D eigenvalue weighted by atomic mass is 16.5. The van der Waals surface area contributed by atoms with E-state index in [9.17, 15) is 0 Å². The molecule has 0 unspecified atom stereocenters. The summed E-state index contributed by atoms with van der Waals surface area (Å²) in [5.74, 6) is 3.18. The van der Waals surface area contributed by atoms with E-state index in [2.05, 4.69) is 15.2 Å². The Morgan fingerprint density at radius 3 is 2.65 bits per heavy atom. The molecule has 1 aromatic heterocycles. The van der Waals surface area contributed by atoms with Gasteiger partial charge in [0, 0.05) is 5.56 Å². The van der Waals surface area contributed by atoms with Crippen LogP contribution in [0.2, 0.25) is 0 Å². The van der Waals surface area contributed by atoms with E-state index in [0.717, 1.165) is 16.9 Å². The summed E-state index contributed by atoms with van der Waals surface area (Å²) >= 11 is 0. The molecule has 26 heavy (non-hydrogen) atoms. The molecule has 7 nitrogen and oxygen atoms in total. The maximum absolute atomic E-state index is 6.36. The number of H-pyrrole nitrogens is 1. The van der Waals surface area contributed by atoms with Gasteiger partial charge in [-0.15, -0.1) is 0 Å². The number of benzene rings is 2. The fraction of sp³-hybridized carbons (Fsp3) is 0.263. The number of aromatic nitrogens is 3. The summed E-state index contributed by atoms with van der Waals surface area (Å²) in [6.07, 6.45) is 0. The van der Waals surface area contributed by atoms with Crippen LogP contribution in [-0.4, -0.2) is 36.0 Å². The van der Waals surface area contributed by atoms with Crippen LogP contribution in [0.1, 0.15) is 24.4 Å². The van der Waals surface area contributed by atoms with Gasteiger partial charge in [-0.05, 0) is 36.8 Å². The van der Waals surface area contributed by atoms with Crippen LogP contribution in [0.5, 0.6) is 17.2 Å². The standard InChI is InChI=1S/C19H22N4O3/c1-4-26-15-9-8-12(11-16(15)25-3)17(20)19-21-18(22-23-19)13-6-5-7-14(10-13)24-2/h5-11,17H,4,20H2,1-3H3,(H,21,22,23)/t17-/m1/s1. The van der Waals surface area contributed by atoms with Gasteiger partial charge in [-0.3, -0.25) is 5.10 Å². The summed E-state index contributed by atoms with van der Waals surface area (Å²) in [6, 6.07) is 12.7. The smallest absolute Gasteiger partial charge is 0.181 e. The first-order valence-electron chi connectivity index (χ1n) is 8.29. The quantitative estimate of drug-likeness (QED) is 0.677. The Morgan fingerprint density at radius 1 is 1.08 bits per heavy atom. The van der Waals surface area contributed by atoms with Gasteiger partial charge in [-0.25, -0.2) is 4.98 Å². The lowest BCUT2D eigenvalue weighted by Crippen LogP contribution is -2.14. The molecule has 0 aliphatic heterocycles. The van der Waals surface area contributed by atoms with Crippen LogP contribution < -0.4 is 19.9 Å². The normalized spacial score (nSPS) is 11.8. The number of rotatable bonds is 7. The minimum Gasteiger partial charge on any atom is -0.497 e. The van der Waals surface area contributed by atoms with Crippen molar-refractivity contribution in [2.45, 2.75) is 13.0 Å². The van der Waals surface area contributed by atoms with E-state index in [4.69, 9.17) is 19.9 Å². The monoisotopic (exact) mass is 354 g/mol. The number of methoxy groups -OCH3 is 2. The molecule has 0 aliphatic rings. The molecular formula is C19H22N4O3. The van der Waals surface area contributed by atoms with Crippen molar-refractivity contribution in [3.8, 4) is 28.6 Å². The summed E-state index contributed by atoms with van der Waals surface area (Å²) < 4.78 is 16.2. The predicted molar refractivity (Wildman–Crippen MR) is 98.6 cm³/mol. The lowest BCUT2D eigenvalue weighted by molar-refractivity contribution is 0.310. The zero-order valence-corrected chi connectivity index (χ0v) is 15.0. The van der Waals surface area contributed by atoms with E-state index in [1.807, 2.05) is 49.4 Å². The summed E-state index contributed by atoms with van der Waals surface area (Å²) in [4.78, 5) is 4.53. The van der Waals surface area contributed by atoms with E-state index < -0.39 is 6.04 Å². The Bertz CT molecular complexity index is 879. The molecular weight excluding hydrogens is 332 g/mol. The van der Waals surface area contributed by atoms with Gasteiger partial charge in [0.2, 0.25) is 0 Å². The highest BCUT2D eigenvalue weighted by Gasteiger charge is 2.17. The molecule has 0 bridgehead atoms. The van der Waals surface area contributed by atoms with Crippen molar-refractivity contribution in [1.29, 1.82) is 0 Å². The number of hydrogen-bond donors (Lipinski definition) is 2. The number of aromatic amines is 1. The molecule has 0 saturated heterocycles. The second-order valence-corrected chi connectivity index (χ2v) is 5.60. The van der Waals surface area contributed by atoms with Crippen molar-refractivity contribution in [1.82, 2.24) is 15.2 Å². The van der Waals surface area contributed by atoms with E-state index in [1.54, 1.807) is 14.2 Å². The van der Waals surface area contributed by atoms with Crippen LogP contribution in [0.15, 0.2) is 42.5 Å². The fourth-order valence-electron chi connectivity index (χ4n) is 2.61. The second-order valence-electron chi connectivity index (χ2n) is 5.60. The van der Waals surface area contributed by atoms with Gasteiger partial charge in [0.25, 0.3) is 0 Å². The average Bonchev–Trinajstić information content (AvgIpc) is 3.18.